The molecule has 0 bridgehead atoms. The molecule has 0 unspecified atom stereocenters. The summed E-state index contributed by atoms with van der Waals surface area (Å²) < 4.78 is 11.4. The van der Waals surface area contributed by atoms with Crippen LogP contribution < -0.4 is 0 Å². The van der Waals surface area contributed by atoms with Gasteiger partial charge in [0.1, 0.15) is 0 Å². The molecule has 0 saturated heterocycles. The second-order valence-corrected chi connectivity index (χ2v) is 12.4. The summed E-state index contributed by atoms with van der Waals surface area (Å²) in [6, 6.07) is 1.13. The second-order valence-electron chi connectivity index (χ2n) is 6.71. The first-order valence-electron chi connectivity index (χ1n) is 9.86. The van der Waals surface area contributed by atoms with Gasteiger partial charge in [0.05, 0.1) is 0 Å². The zero-order valence-corrected chi connectivity index (χ0v) is 19.2. The number of hydrogen-bond donors (Lipinski definition) is 0. The molecule has 140 valence electrons. The van der Waals surface area contributed by atoms with Gasteiger partial charge in [0, 0.05) is 0 Å². The molecular weight excluding hydrogens is 320 g/mol. The molecule has 0 radical (unpaired) electrons. The summed E-state index contributed by atoms with van der Waals surface area (Å²) in [5.74, 6) is 0. The molecule has 0 heterocycles. The van der Waals surface area contributed by atoms with Crippen molar-refractivity contribution in [3.8, 4) is 0 Å². The van der Waals surface area contributed by atoms with Crippen LogP contribution >= 0.6 is 0 Å². The third-order valence-corrected chi connectivity index (χ3v) is 14.7. The fourth-order valence-corrected chi connectivity index (χ4v) is 13.9. The molecule has 0 N–H and O–H groups in total. The van der Waals surface area contributed by atoms with Gasteiger partial charge in [-0.3, -0.25) is 0 Å². The van der Waals surface area contributed by atoms with Crippen LogP contribution in [0.15, 0.2) is 0 Å². The van der Waals surface area contributed by atoms with Gasteiger partial charge in [0.15, 0.2) is 0 Å². The Morgan fingerprint density at radius 3 is 0.870 bits per heavy atom. The van der Waals surface area contributed by atoms with Crippen molar-refractivity contribution in [2.45, 2.75) is 81.3 Å². The van der Waals surface area contributed by atoms with Crippen molar-refractivity contribution >= 4 is 0 Å². The molecule has 0 atom stereocenters. The number of hydrogen-bond acceptors (Lipinski definition) is 4. The first-order valence-corrected chi connectivity index (χ1v) is 12.7. The van der Waals surface area contributed by atoms with Gasteiger partial charge in [0.2, 0.25) is 0 Å². The third kappa shape index (κ3) is 4.80. The van der Waals surface area contributed by atoms with Crippen LogP contribution in [0, 0.1) is 0 Å². The summed E-state index contributed by atoms with van der Waals surface area (Å²) in [6.45, 7) is 30.4. The maximum absolute atomic E-state index is 2.90. The molecule has 0 saturated carbocycles. The van der Waals surface area contributed by atoms with Crippen molar-refractivity contribution < 1.29 is 17.6 Å². The predicted octanol–water partition coefficient (Wildman–Crippen LogP) is 3.94. The van der Waals surface area contributed by atoms with Crippen molar-refractivity contribution in [3.63, 3.8) is 0 Å². The fraction of sp³-hybridized carbons (Fsp3) is 1.00. The predicted molar refractivity (Wildman–Crippen MR) is 101 cm³/mol. The molecule has 0 amide bonds. The first kappa shape index (κ1) is 23.6. The van der Waals surface area contributed by atoms with E-state index in [0.717, 1.165) is 39.3 Å². The van der Waals surface area contributed by atoms with Crippen molar-refractivity contribution in [1.82, 2.24) is 13.5 Å². The van der Waals surface area contributed by atoms with E-state index in [0.29, 0.717) is 12.1 Å². The molecule has 4 nitrogen and oxygen atoms in total. The normalized spacial score (nSPS) is 13.6. The summed E-state index contributed by atoms with van der Waals surface area (Å²) in [4.78, 5) is 0. The minimum atomic E-state index is -2.79. The van der Waals surface area contributed by atoms with Gasteiger partial charge < -0.3 is 0 Å². The molecule has 0 aliphatic rings. The molecule has 0 aliphatic carbocycles. The molecular formula is C18H44N4Ti. The molecule has 0 aromatic carbocycles. The van der Waals surface area contributed by atoms with Crippen LogP contribution in [-0.4, -0.2) is 64.9 Å². The van der Waals surface area contributed by atoms with Crippen LogP contribution in [0.1, 0.15) is 69.2 Å². The van der Waals surface area contributed by atoms with Gasteiger partial charge in [0.25, 0.3) is 0 Å². The van der Waals surface area contributed by atoms with Crippen molar-refractivity contribution in [2.75, 3.05) is 39.3 Å². The minimum absolute atomic E-state index is 0.566. The summed E-state index contributed by atoms with van der Waals surface area (Å²) >= 11 is -2.79. The van der Waals surface area contributed by atoms with E-state index in [2.05, 4.69) is 82.8 Å². The van der Waals surface area contributed by atoms with E-state index in [1.165, 1.54) is 0 Å². The van der Waals surface area contributed by atoms with Gasteiger partial charge in [-0.25, -0.2) is 0 Å². The Bertz CT molecular complexity index is 258. The molecule has 0 spiro atoms. The van der Waals surface area contributed by atoms with Crippen LogP contribution in [0.25, 0.3) is 0 Å². The van der Waals surface area contributed by atoms with E-state index >= 15 is 0 Å². The molecule has 0 aromatic rings. The van der Waals surface area contributed by atoms with Crippen molar-refractivity contribution in [3.05, 3.63) is 0 Å². The van der Waals surface area contributed by atoms with Crippen molar-refractivity contribution in [2.24, 2.45) is 0 Å². The van der Waals surface area contributed by atoms with Crippen LogP contribution in [0.5, 0.6) is 0 Å². The van der Waals surface area contributed by atoms with Crippen LogP contribution in [0.2, 0.25) is 0 Å². The average molecular weight is 364 g/mol. The van der Waals surface area contributed by atoms with Crippen LogP contribution in [0.3, 0.4) is 0 Å². The van der Waals surface area contributed by atoms with Gasteiger partial charge in [-0.05, 0) is 0 Å². The standard InChI is InChI=1S/C6H14N.3C4H10N.Ti/c1-5(2)7-6(3)4;3*1-3-5-4-2;/h5-6H,1-4H3;3*3-4H2,1-2H3;/q4*-1;+4. The summed E-state index contributed by atoms with van der Waals surface area (Å²) in [6.07, 6.45) is 0. The fourth-order valence-electron chi connectivity index (χ4n) is 4.32. The summed E-state index contributed by atoms with van der Waals surface area (Å²) in [5.41, 5.74) is 0. The maximum atomic E-state index is 2.90. The Morgan fingerprint density at radius 1 is 0.522 bits per heavy atom. The summed E-state index contributed by atoms with van der Waals surface area (Å²) in [7, 11) is 0. The van der Waals surface area contributed by atoms with Gasteiger partial charge in [-0.2, -0.15) is 0 Å². The van der Waals surface area contributed by atoms with E-state index in [1.807, 2.05) is 0 Å². The average Bonchev–Trinajstić information content (AvgIpc) is 2.49. The molecule has 0 rings (SSSR count). The Hall–Kier alpha value is 0.554. The Balaban J connectivity index is 6.54. The molecule has 0 fully saturated rings. The van der Waals surface area contributed by atoms with Crippen LogP contribution in [-0.2, 0) is 17.6 Å². The zero-order chi connectivity index (χ0) is 18.2. The number of rotatable bonds is 12. The molecule has 0 aromatic heterocycles. The van der Waals surface area contributed by atoms with E-state index in [9.17, 15) is 0 Å². The van der Waals surface area contributed by atoms with E-state index in [-0.39, 0.29) is 0 Å². The first-order chi connectivity index (χ1) is 10.8. The zero-order valence-electron chi connectivity index (χ0n) is 17.7. The van der Waals surface area contributed by atoms with Gasteiger partial charge in [-0.15, -0.1) is 0 Å². The van der Waals surface area contributed by atoms with E-state index in [1.54, 1.807) is 0 Å². The van der Waals surface area contributed by atoms with Crippen LogP contribution in [0.4, 0.5) is 0 Å². The Labute approximate surface area is 151 Å². The third-order valence-electron chi connectivity index (χ3n) is 5.02. The van der Waals surface area contributed by atoms with Gasteiger partial charge in [-0.1, -0.05) is 0 Å². The second kappa shape index (κ2) is 11.2. The van der Waals surface area contributed by atoms with E-state index < -0.39 is 17.6 Å². The van der Waals surface area contributed by atoms with E-state index in [4.69, 9.17) is 0 Å². The monoisotopic (exact) mass is 364 g/mol. The topological polar surface area (TPSA) is 13.0 Å². The Morgan fingerprint density at radius 2 is 0.739 bits per heavy atom. The molecule has 0 aliphatic heterocycles. The quantitative estimate of drug-likeness (QED) is 0.486. The number of nitrogens with zero attached hydrogens (tertiary/aromatic N) is 4. The summed E-state index contributed by atoms with van der Waals surface area (Å²) in [5, 5.41) is 0. The SMILES string of the molecule is CC[N](CC)[Ti]([N](CC)CC)([N](CC)CC)[N](C(C)C)C(C)C. The molecule has 23 heavy (non-hydrogen) atoms. The van der Waals surface area contributed by atoms with Crippen molar-refractivity contribution in [1.29, 1.82) is 0 Å². The van der Waals surface area contributed by atoms with Gasteiger partial charge >= 0.3 is 152 Å². The Kier molecular flexibility index (Phi) is 11.5. The molecule has 5 heteroatoms.